The van der Waals surface area contributed by atoms with Crippen LogP contribution in [0.5, 0.6) is 0 Å². The Balaban J connectivity index is 1.34. The first-order valence-electron chi connectivity index (χ1n) is 8.86. The zero-order valence-corrected chi connectivity index (χ0v) is 16.1. The Labute approximate surface area is 167 Å². The van der Waals surface area contributed by atoms with E-state index in [0.29, 0.717) is 28.8 Å². The van der Waals surface area contributed by atoms with Gasteiger partial charge in [0.2, 0.25) is 0 Å². The number of amides is 2. The lowest BCUT2D eigenvalue weighted by Gasteiger charge is -2.37. The van der Waals surface area contributed by atoms with Gasteiger partial charge in [0.05, 0.1) is 5.71 Å². The number of urea groups is 1. The van der Waals surface area contributed by atoms with Gasteiger partial charge in [0, 0.05) is 48.1 Å². The number of likely N-dealkylation sites (tertiary alicyclic amines) is 1. The van der Waals surface area contributed by atoms with Gasteiger partial charge in [-0.3, -0.25) is 0 Å². The summed E-state index contributed by atoms with van der Waals surface area (Å²) in [5, 5.41) is 8.49. The van der Waals surface area contributed by atoms with Crippen LogP contribution in [0.2, 0.25) is 10.0 Å². The van der Waals surface area contributed by atoms with Crippen LogP contribution in [0.3, 0.4) is 0 Å². The van der Waals surface area contributed by atoms with Crippen molar-refractivity contribution in [2.45, 2.75) is 24.9 Å². The van der Waals surface area contributed by atoms with Crippen molar-refractivity contribution in [3.63, 3.8) is 0 Å². The molecule has 5 nitrogen and oxygen atoms in total. The number of halogens is 2. The molecule has 2 aromatic carbocycles. The van der Waals surface area contributed by atoms with E-state index < -0.39 is 0 Å². The van der Waals surface area contributed by atoms with Gasteiger partial charge in [0.25, 0.3) is 0 Å². The number of oxime groups is 1. The van der Waals surface area contributed by atoms with Crippen LogP contribution < -0.4 is 5.32 Å². The Kier molecular flexibility index (Phi) is 4.98. The predicted molar refractivity (Wildman–Crippen MR) is 108 cm³/mol. The van der Waals surface area contributed by atoms with Gasteiger partial charge in [-0.1, -0.05) is 46.6 Å². The number of hydrogen-bond donors (Lipinski definition) is 1. The van der Waals surface area contributed by atoms with Gasteiger partial charge < -0.3 is 15.1 Å². The van der Waals surface area contributed by atoms with Gasteiger partial charge in [-0.2, -0.15) is 0 Å². The van der Waals surface area contributed by atoms with Crippen LogP contribution in [0.4, 0.5) is 10.5 Å². The SMILES string of the molecule is O=C(Nc1cccc(Cl)c1)N1CCC2(CC1)CC(c1ccc(Cl)cc1)=NO2. The summed E-state index contributed by atoms with van der Waals surface area (Å²) in [4.78, 5) is 20.1. The van der Waals surface area contributed by atoms with E-state index in [1.165, 1.54) is 0 Å². The number of hydrogen-bond acceptors (Lipinski definition) is 3. The van der Waals surface area contributed by atoms with Gasteiger partial charge in [-0.15, -0.1) is 0 Å². The van der Waals surface area contributed by atoms with Crippen LogP contribution in [0.1, 0.15) is 24.8 Å². The maximum atomic E-state index is 12.5. The number of nitrogens with zero attached hydrogens (tertiary/aromatic N) is 2. The largest absolute Gasteiger partial charge is 0.388 e. The average molecular weight is 404 g/mol. The Morgan fingerprint density at radius 3 is 2.52 bits per heavy atom. The van der Waals surface area contributed by atoms with E-state index >= 15 is 0 Å². The maximum Gasteiger partial charge on any atom is 0.321 e. The van der Waals surface area contributed by atoms with Crippen LogP contribution in [0.25, 0.3) is 0 Å². The fourth-order valence-corrected chi connectivity index (χ4v) is 3.79. The van der Waals surface area contributed by atoms with Crippen LogP contribution in [0, 0.1) is 0 Å². The Morgan fingerprint density at radius 1 is 1.07 bits per heavy atom. The summed E-state index contributed by atoms with van der Waals surface area (Å²) in [5.41, 5.74) is 2.33. The molecule has 0 bridgehead atoms. The van der Waals surface area contributed by atoms with Crippen molar-refractivity contribution in [2.75, 3.05) is 18.4 Å². The van der Waals surface area contributed by atoms with Gasteiger partial charge in [0.1, 0.15) is 5.60 Å². The monoisotopic (exact) mass is 403 g/mol. The standard InChI is InChI=1S/C20H19Cl2N3O2/c21-15-6-4-14(5-7-15)18-13-20(27-24-18)8-10-25(11-9-20)19(26)23-17-3-1-2-16(22)12-17/h1-7,12H,8-11,13H2,(H,23,26). The third-order valence-corrected chi connectivity index (χ3v) is 5.54. The van der Waals surface area contributed by atoms with E-state index in [9.17, 15) is 4.79 Å². The predicted octanol–water partition coefficient (Wildman–Crippen LogP) is 5.18. The molecule has 0 radical (unpaired) electrons. The summed E-state index contributed by atoms with van der Waals surface area (Å²) in [5.74, 6) is 0. The van der Waals surface area contributed by atoms with Crippen LogP contribution >= 0.6 is 23.2 Å². The highest BCUT2D eigenvalue weighted by Gasteiger charge is 2.43. The summed E-state index contributed by atoms with van der Waals surface area (Å²) < 4.78 is 0. The van der Waals surface area contributed by atoms with Crippen LogP contribution in [-0.4, -0.2) is 35.3 Å². The van der Waals surface area contributed by atoms with Gasteiger partial charge in [0.15, 0.2) is 0 Å². The molecule has 2 heterocycles. The number of benzene rings is 2. The summed E-state index contributed by atoms with van der Waals surface area (Å²) in [6, 6.07) is 14.6. The highest BCUT2D eigenvalue weighted by molar-refractivity contribution is 6.31. The van der Waals surface area contributed by atoms with Crippen molar-refractivity contribution in [3.8, 4) is 0 Å². The molecule has 2 amide bonds. The number of piperidine rings is 1. The minimum Gasteiger partial charge on any atom is -0.388 e. The first kappa shape index (κ1) is 18.1. The number of anilines is 1. The first-order valence-corrected chi connectivity index (χ1v) is 9.61. The topological polar surface area (TPSA) is 53.9 Å². The molecule has 140 valence electrons. The number of carbonyl (C=O) groups is 1. The van der Waals surface area contributed by atoms with E-state index in [-0.39, 0.29) is 11.6 Å². The molecule has 7 heteroatoms. The van der Waals surface area contributed by atoms with Gasteiger partial charge in [-0.25, -0.2) is 4.79 Å². The van der Waals surface area contributed by atoms with E-state index in [1.54, 1.807) is 17.0 Å². The lowest BCUT2D eigenvalue weighted by molar-refractivity contribution is -0.0544. The molecule has 1 fully saturated rings. The van der Waals surface area contributed by atoms with Crippen molar-refractivity contribution >= 4 is 40.6 Å². The molecule has 0 aromatic heterocycles. The van der Waals surface area contributed by atoms with Crippen LogP contribution in [-0.2, 0) is 4.84 Å². The summed E-state index contributed by atoms with van der Waals surface area (Å²) >= 11 is 11.9. The molecule has 2 aromatic rings. The zero-order valence-electron chi connectivity index (χ0n) is 14.6. The van der Waals surface area contributed by atoms with Crippen molar-refractivity contribution < 1.29 is 9.63 Å². The van der Waals surface area contributed by atoms with Crippen molar-refractivity contribution in [1.82, 2.24) is 4.90 Å². The molecule has 0 atom stereocenters. The molecule has 2 aliphatic rings. The van der Waals surface area contributed by atoms with Gasteiger partial charge >= 0.3 is 6.03 Å². The van der Waals surface area contributed by atoms with E-state index in [1.807, 2.05) is 36.4 Å². The molecule has 27 heavy (non-hydrogen) atoms. The minimum absolute atomic E-state index is 0.121. The molecule has 0 saturated carbocycles. The third-order valence-electron chi connectivity index (χ3n) is 5.05. The molecule has 1 saturated heterocycles. The maximum absolute atomic E-state index is 12.5. The Hall–Kier alpha value is -2.24. The molecular formula is C20H19Cl2N3O2. The molecular weight excluding hydrogens is 385 g/mol. The normalized spacial score (nSPS) is 18.1. The first-order chi connectivity index (χ1) is 13.0. The molecule has 0 unspecified atom stereocenters. The fraction of sp³-hybridized carbons (Fsp3) is 0.300. The Morgan fingerprint density at radius 2 is 1.81 bits per heavy atom. The quantitative estimate of drug-likeness (QED) is 0.750. The number of rotatable bonds is 2. The second kappa shape index (κ2) is 7.41. The highest BCUT2D eigenvalue weighted by Crippen LogP contribution is 2.36. The smallest absolute Gasteiger partial charge is 0.321 e. The molecule has 4 rings (SSSR count). The second-order valence-electron chi connectivity index (χ2n) is 6.92. The highest BCUT2D eigenvalue weighted by atomic mass is 35.5. The summed E-state index contributed by atoms with van der Waals surface area (Å²) in [7, 11) is 0. The zero-order chi connectivity index (χ0) is 18.9. The van der Waals surface area contributed by atoms with E-state index in [0.717, 1.165) is 30.5 Å². The molecule has 1 N–H and O–H groups in total. The average Bonchev–Trinajstić information content (AvgIpc) is 3.06. The molecule has 1 spiro atoms. The lowest BCUT2D eigenvalue weighted by atomic mass is 9.85. The molecule has 0 aliphatic carbocycles. The second-order valence-corrected chi connectivity index (χ2v) is 7.80. The number of carbonyl (C=O) groups excluding carboxylic acids is 1. The van der Waals surface area contributed by atoms with Gasteiger partial charge in [-0.05, 0) is 35.9 Å². The van der Waals surface area contributed by atoms with Crippen molar-refractivity contribution in [2.24, 2.45) is 5.16 Å². The number of nitrogens with one attached hydrogen (secondary N) is 1. The van der Waals surface area contributed by atoms with Crippen molar-refractivity contribution in [1.29, 1.82) is 0 Å². The third kappa shape index (κ3) is 4.04. The van der Waals surface area contributed by atoms with E-state index in [4.69, 9.17) is 28.0 Å². The summed E-state index contributed by atoms with van der Waals surface area (Å²) in [6.07, 6.45) is 2.24. The lowest BCUT2D eigenvalue weighted by Crippen LogP contribution is -2.48. The minimum atomic E-state index is -0.318. The van der Waals surface area contributed by atoms with Crippen LogP contribution in [0.15, 0.2) is 53.7 Å². The fourth-order valence-electron chi connectivity index (χ4n) is 3.47. The summed E-state index contributed by atoms with van der Waals surface area (Å²) in [6.45, 7) is 1.24. The molecule has 2 aliphatic heterocycles. The Bertz CT molecular complexity index is 875. The van der Waals surface area contributed by atoms with E-state index in [2.05, 4.69) is 10.5 Å². The van der Waals surface area contributed by atoms with Crippen molar-refractivity contribution in [3.05, 3.63) is 64.1 Å².